The highest BCUT2D eigenvalue weighted by Gasteiger charge is 2.28. The maximum atomic E-state index is 11.1. The molecule has 1 aliphatic heterocycles. The van der Waals surface area contributed by atoms with Crippen molar-refractivity contribution >= 4 is 9.84 Å². The largest absolute Gasteiger partial charge is 0.390 e. The molecule has 1 saturated heterocycles. The van der Waals surface area contributed by atoms with Crippen LogP contribution in [0, 0.1) is 5.92 Å². The first-order valence-electron chi connectivity index (χ1n) is 4.71. The summed E-state index contributed by atoms with van der Waals surface area (Å²) in [7, 11) is -2.74. The summed E-state index contributed by atoms with van der Waals surface area (Å²) < 4.78 is 22.2. The molecular formula is C9H18O3S. The molecule has 0 amide bonds. The zero-order valence-corrected chi connectivity index (χ0v) is 9.10. The summed E-state index contributed by atoms with van der Waals surface area (Å²) in [4.78, 5) is 0. The topological polar surface area (TPSA) is 54.4 Å². The molecule has 1 unspecified atom stereocenters. The van der Waals surface area contributed by atoms with Crippen LogP contribution < -0.4 is 0 Å². The quantitative estimate of drug-likeness (QED) is 0.748. The minimum atomic E-state index is -2.74. The Bertz CT molecular complexity index is 261. The Morgan fingerprint density at radius 1 is 1.46 bits per heavy atom. The van der Waals surface area contributed by atoms with Gasteiger partial charge in [0, 0.05) is 0 Å². The first kappa shape index (κ1) is 11.0. The summed E-state index contributed by atoms with van der Waals surface area (Å²) in [6, 6.07) is 0. The zero-order valence-electron chi connectivity index (χ0n) is 8.28. The minimum absolute atomic E-state index is 0.274. The lowest BCUT2D eigenvalue weighted by molar-refractivity contribution is 0.0646. The number of aliphatic hydroxyl groups is 1. The van der Waals surface area contributed by atoms with E-state index in [4.69, 9.17) is 0 Å². The van der Waals surface area contributed by atoms with Gasteiger partial charge in [0.05, 0.1) is 17.1 Å². The maximum absolute atomic E-state index is 11.1. The number of hydrogen-bond acceptors (Lipinski definition) is 3. The first-order chi connectivity index (χ1) is 5.79. The van der Waals surface area contributed by atoms with E-state index in [1.54, 1.807) is 13.8 Å². The smallest absolute Gasteiger partial charge is 0.150 e. The molecule has 1 N–H and O–H groups in total. The summed E-state index contributed by atoms with van der Waals surface area (Å²) in [6.07, 6.45) is 2.29. The molecule has 0 radical (unpaired) electrons. The Kier molecular flexibility index (Phi) is 3.02. The summed E-state index contributed by atoms with van der Waals surface area (Å²) >= 11 is 0. The van der Waals surface area contributed by atoms with Gasteiger partial charge in [-0.2, -0.15) is 0 Å². The fraction of sp³-hybridized carbons (Fsp3) is 1.00. The Morgan fingerprint density at radius 2 is 2.08 bits per heavy atom. The molecule has 78 valence electrons. The molecule has 1 fully saturated rings. The van der Waals surface area contributed by atoms with Crippen molar-refractivity contribution in [2.45, 2.75) is 38.7 Å². The van der Waals surface area contributed by atoms with E-state index < -0.39 is 15.4 Å². The van der Waals surface area contributed by atoms with Crippen LogP contribution in [-0.4, -0.2) is 30.6 Å². The molecule has 1 heterocycles. The lowest BCUT2D eigenvalue weighted by Gasteiger charge is -2.18. The van der Waals surface area contributed by atoms with Crippen molar-refractivity contribution in [3.8, 4) is 0 Å². The van der Waals surface area contributed by atoms with E-state index in [1.807, 2.05) is 0 Å². The van der Waals surface area contributed by atoms with Crippen LogP contribution in [0.1, 0.15) is 33.1 Å². The molecule has 0 aromatic heterocycles. The Morgan fingerprint density at radius 3 is 2.46 bits per heavy atom. The predicted molar refractivity (Wildman–Crippen MR) is 52.3 cm³/mol. The molecule has 0 saturated carbocycles. The third kappa shape index (κ3) is 4.09. The van der Waals surface area contributed by atoms with E-state index in [9.17, 15) is 13.5 Å². The molecule has 1 atom stereocenters. The summed E-state index contributed by atoms with van der Waals surface area (Å²) in [5, 5.41) is 9.46. The van der Waals surface area contributed by atoms with Gasteiger partial charge in [0.2, 0.25) is 0 Å². The van der Waals surface area contributed by atoms with Gasteiger partial charge in [0.15, 0.2) is 9.84 Å². The monoisotopic (exact) mass is 206 g/mol. The van der Waals surface area contributed by atoms with Crippen LogP contribution in [0.15, 0.2) is 0 Å². The van der Waals surface area contributed by atoms with Crippen molar-refractivity contribution in [1.82, 2.24) is 0 Å². The van der Waals surface area contributed by atoms with Gasteiger partial charge in [0.1, 0.15) is 0 Å². The van der Waals surface area contributed by atoms with Crippen molar-refractivity contribution in [3.05, 3.63) is 0 Å². The van der Waals surface area contributed by atoms with Crippen molar-refractivity contribution in [3.63, 3.8) is 0 Å². The standard InChI is InChI=1S/C9H18O3S/c1-9(2,10)5-3-8-4-6-13(11,12)7-8/h8,10H,3-7H2,1-2H3. The van der Waals surface area contributed by atoms with Gasteiger partial charge in [-0.15, -0.1) is 0 Å². The van der Waals surface area contributed by atoms with Crippen LogP contribution in [0.4, 0.5) is 0 Å². The van der Waals surface area contributed by atoms with Gasteiger partial charge in [-0.3, -0.25) is 0 Å². The van der Waals surface area contributed by atoms with Crippen molar-refractivity contribution in [2.24, 2.45) is 5.92 Å². The molecule has 4 heteroatoms. The first-order valence-corrected chi connectivity index (χ1v) is 6.53. The van der Waals surface area contributed by atoms with E-state index in [-0.39, 0.29) is 5.92 Å². The summed E-state index contributed by atoms with van der Waals surface area (Å²) in [6.45, 7) is 3.52. The number of hydrogen-bond donors (Lipinski definition) is 1. The molecule has 1 rings (SSSR count). The molecule has 0 aliphatic carbocycles. The highest BCUT2D eigenvalue weighted by Crippen LogP contribution is 2.25. The molecule has 13 heavy (non-hydrogen) atoms. The van der Waals surface area contributed by atoms with Crippen molar-refractivity contribution in [2.75, 3.05) is 11.5 Å². The highest BCUT2D eigenvalue weighted by atomic mass is 32.2. The molecule has 0 aromatic carbocycles. The van der Waals surface area contributed by atoms with Crippen LogP contribution in [-0.2, 0) is 9.84 Å². The fourth-order valence-corrected chi connectivity index (χ4v) is 3.57. The van der Waals surface area contributed by atoms with Gasteiger partial charge in [0.25, 0.3) is 0 Å². The van der Waals surface area contributed by atoms with Gasteiger partial charge in [-0.05, 0) is 39.0 Å². The summed E-state index contributed by atoms with van der Waals surface area (Å²) in [5.41, 5.74) is -0.660. The predicted octanol–water partition coefficient (Wildman–Crippen LogP) is 0.972. The van der Waals surface area contributed by atoms with Crippen LogP contribution in [0.3, 0.4) is 0 Å². The van der Waals surface area contributed by atoms with E-state index >= 15 is 0 Å². The zero-order chi connectivity index (χ0) is 10.1. The number of sulfone groups is 1. The van der Waals surface area contributed by atoms with Crippen LogP contribution >= 0.6 is 0 Å². The van der Waals surface area contributed by atoms with Crippen molar-refractivity contribution < 1.29 is 13.5 Å². The molecule has 0 aromatic rings. The Labute approximate surface area is 80.1 Å². The second-order valence-corrected chi connectivity index (χ2v) is 6.85. The average Bonchev–Trinajstić information content (AvgIpc) is 2.24. The van der Waals surface area contributed by atoms with E-state index in [2.05, 4.69) is 0 Å². The molecule has 3 nitrogen and oxygen atoms in total. The molecule has 0 bridgehead atoms. The molecule has 0 spiro atoms. The molecular weight excluding hydrogens is 188 g/mol. The summed E-state index contributed by atoms with van der Waals surface area (Å²) in [5.74, 6) is 0.934. The average molecular weight is 206 g/mol. The van der Waals surface area contributed by atoms with Gasteiger partial charge >= 0.3 is 0 Å². The number of rotatable bonds is 3. The fourth-order valence-electron chi connectivity index (χ4n) is 1.66. The highest BCUT2D eigenvalue weighted by molar-refractivity contribution is 7.91. The van der Waals surface area contributed by atoms with Crippen LogP contribution in [0.2, 0.25) is 0 Å². The van der Waals surface area contributed by atoms with Gasteiger partial charge in [-0.1, -0.05) is 0 Å². The SMILES string of the molecule is CC(C)(O)CCC1CCS(=O)(=O)C1. The van der Waals surface area contributed by atoms with Gasteiger partial charge < -0.3 is 5.11 Å². The maximum Gasteiger partial charge on any atom is 0.150 e. The van der Waals surface area contributed by atoms with E-state index in [0.29, 0.717) is 17.9 Å². The molecule has 1 aliphatic rings. The normalized spacial score (nSPS) is 27.8. The third-order valence-electron chi connectivity index (χ3n) is 2.49. The van der Waals surface area contributed by atoms with Crippen LogP contribution in [0.25, 0.3) is 0 Å². The second-order valence-electron chi connectivity index (χ2n) is 4.62. The Balaban J connectivity index is 2.34. The lowest BCUT2D eigenvalue weighted by atomic mass is 9.95. The second kappa shape index (κ2) is 3.58. The van der Waals surface area contributed by atoms with E-state index in [1.165, 1.54) is 0 Å². The van der Waals surface area contributed by atoms with Gasteiger partial charge in [-0.25, -0.2) is 8.42 Å². The Hall–Kier alpha value is -0.0900. The van der Waals surface area contributed by atoms with Crippen LogP contribution in [0.5, 0.6) is 0 Å². The lowest BCUT2D eigenvalue weighted by Crippen LogP contribution is -2.20. The minimum Gasteiger partial charge on any atom is -0.390 e. The van der Waals surface area contributed by atoms with Crippen molar-refractivity contribution in [1.29, 1.82) is 0 Å². The third-order valence-corrected chi connectivity index (χ3v) is 4.33. The van der Waals surface area contributed by atoms with E-state index in [0.717, 1.165) is 12.8 Å².